The first-order valence-electron chi connectivity index (χ1n) is 34.1. The molecule has 0 heterocycles. The Morgan fingerprint density at radius 1 is 0.370 bits per heavy atom. The number of allylic oxidation sites excluding steroid dienone is 12. The second-order valence-corrected chi connectivity index (χ2v) is 24.1. The van der Waals surface area contributed by atoms with Gasteiger partial charge in [0, 0.05) is 12.8 Å². The highest BCUT2D eigenvalue weighted by Crippen LogP contribution is 2.17. The molecule has 0 fully saturated rings. The van der Waals surface area contributed by atoms with E-state index in [1.54, 1.807) is 0 Å². The van der Waals surface area contributed by atoms with Crippen LogP contribution in [0, 0.1) is 0 Å². The van der Waals surface area contributed by atoms with Crippen molar-refractivity contribution in [2.45, 2.75) is 322 Å². The number of unbranched alkanes of at least 4 members (excludes halogenated alkanes) is 36. The predicted molar refractivity (Wildman–Crippen MR) is 346 cm³/mol. The summed E-state index contributed by atoms with van der Waals surface area (Å²) in [6.07, 6.45) is 80.2. The molecule has 470 valence electrons. The number of likely N-dealkylation sites (N-methyl/N-ethyl adjacent to an activating group) is 1. The minimum atomic E-state index is -1.51. The van der Waals surface area contributed by atoms with Gasteiger partial charge >= 0.3 is 17.9 Å². The van der Waals surface area contributed by atoms with Crippen molar-refractivity contribution in [1.29, 1.82) is 0 Å². The third-order valence-corrected chi connectivity index (χ3v) is 14.9. The van der Waals surface area contributed by atoms with Crippen molar-refractivity contribution in [3.05, 3.63) is 72.9 Å². The number of hydrogen-bond donors (Lipinski definition) is 1. The molecule has 9 nitrogen and oxygen atoms in total. The number of hydrogen-bond acceptors (Lipinski definition) is 7. The Morgan fingerprint density at radius 3 is 1.01 bits per heavy atom. The number of aliphatic carboxylic acids is 1. The average Bonchev–Trinajstić information content (AvgIpc) is 3.44. The molecule has 2 atom stereocenters. The summed E-state index contributed by atoms with van der Waals surface area (Å²) >= 11 is 0. The van der Waals surface area contributed by atoms with Gasteiger partial charge in [-0.3, -0.25) is 9.59 Å². The van der Waals surface area contributed by atoms with Crippen LogP contribution >= 0.6 is 0 Å². The van der Waals surface area contributed by atoms with Crippen LogP contribution < -0.4 is 0 Å². The largest absolute Gasteiger partial charge is 0.477 e. The molecule has 2 unspecified atom stereocenters. The van der Waals surface area contributed by atoms with Crippen LogP contribution in [0.2, 0.25) is 0 Å². The molecule has 0 aliphatic rings. The zero-order valence-electron chi connectivity index (χ0n) is 53.7. The molecule has 0 spiro atoms. The summed E-state index contributed by atoms with van der Waals surface area (Å²) < 4.78 is 22.9. The number of carbonyl (C=O) groups excluding carboxylic acids is 2. The molecule has 0 aromatic carbocycles. The number of carboxylic acids is 1. The highest BCUT2D eigenvalue weighted by atomic mass is 16.7. The molecule has 0 radical (unpaired) electrons. The number of ether oxygens (including phenoxy) is 4. The maximum absolute atomic E-state index is 12.9. The molecule has 0 bridgehead atoms. The summed E-state index contributed by atoms with van der Waals surface area (Å²) in [5, 5.41) is 9.73. The Bertz CT molecular complexity index is 1560. The fourth-order valence-corrected chi connectivity index (χ4v) is 9.68. The van der Waals surface area contributed by atoms with Crippen LogP contribution in [-0.2, 0) is 33.3 Å². The van der Waals surface area contributed by atoms with Gasteiger partial charge in [-0.1, -0.05) is 279 Å². The summed E-state index contributed by atoms with van der Waals surface area (Å²) in [5.74, 6) is -2.01. The maximum Gasteiger partial charge on any atom is 0.361 e. The molecular weight excluding hydrogens is 1010 g/mol. The number of esters is 2. The van der Waals surface area contributed by atoms with E-state index in [1.807, 2.05) is 21.1 Å². The number of carbonyl (C=O) groups is 3. The van der Waals surface area contributed by atoms with Gasteiger partial charge in [-0.25, -0.2) is 4.79 Å². The van der Waals surface area contributed by atoms with Crippen molar-refractivity contribution in [2.24, 2.45) is 0 Å². The van der Waals surface area contributed by atoms with Gasteiger partial charge in [0.2, 0.25) is 0 Å². The molecule has 0 aromatic rings. The van der Waals surface area contributed by atoms with E-state index in [2.05, 4.69) is 86.8 Å². The van der Waals surface area contributed by atoms with Crippen LogP contribution in [0.25, 0.3) is 0 Å². The van der Waals surface area contributed by atoms with Crippen LogP contribution in [0.5, 0.6) is 0 Å². The maximum atomic E-state index is 12.9. The Hall–Kier alpha value is -3.27. The van der Waals surface area contributed by atoms with Gasteiger partial charge in [0.25, 0.3) is 6.29 Å². The SMILES string of the molecule is CCCCC/C=C\C/C=C\C/C=C\CCCCCCCCC(=O)OCC(COC(OCC[N+](C)(C)C)C(=O)O)OC(=O)CCCCCCCCCCCCCCCCCCCCCCCC/C=C\C/C=C\C/C=C\CCCCCCC. The van der Waals surface area contributed by atoms with Crippen LogP contribution in [0.4, 0.5) is 0 Å². The van der Waals surface area contributed by atoms with Gasteiger partial charge in [-0.2, -0.15) is 0 Å². The average molecular weight is 1140 g/mol. The van der Waals surface area contributed by atoms with Crippen molar-refractivity contribution in [3.63, 3.8) is 0 Å². The lowest BCUT2D eigenvalue weighted by atomic mass is 10.0. The highest BCUT2D eigenvalue weighted by molar-refractivity contribution is 5.71. The fraction of sp³-hybridized carbons (Fsp3) is 0.792. The second kappa shape index (κ2) is 62.8. The lowest BCUT2D eigenvalue weighted by molar-refractivity contribution is -0.870. The van der Waals surface area contributed by atoms with Gasteiger partial charge in [0.05, 0.1) is 34.4 Å². The van der Waals surface area contributed by atoms with E-state index in [4.69, 9.17) is 18.9 Å². The lowest BCUT2D eigenvalue weighted by Gasteiger charge is -2.25. The lowest BCUT2D eigenvalue weighted by Crippen LogP contribution is -2.40. The quantitative estimate of drug-likeness (QED) is 0.0211. The third-order valence-electron chi connectivity index (χ3n) is 14.9. The number of rotatable bonds is 63. The summed E-state index contributed by atoms with van der Waals surface area (Å²) in [6, 6.07) is 0. The van der Waals surface area contributed by atoms with E-state index in [-0.39, 0.29) is 38.6 Å². The number of carboxylic acid groups (broad SMARTS) is 1. The molecule has 0 aliphatic carbocycles. The van der Waals surface area contributed by atoms with Crippen LogP contribution in [-0.4, -0.2) is 87.4 Å². The summed E-state index contributed by atoms with van der Waals surface area (Å²) in [6.45, 7) is 4.85. The topological polar surface area (TPSA) is 108 Å². The van der Waals surface area contributed by atoms with Gasteiger partial charge in [0.1, 0.15) is 13.2 Å². The molecule has 0 saturated heterocycles. The Kier molecular flexibility index (Phi) is 60.2. The van der Waals surface area contributed by atoms with E-state index in [9.17, 15) is 19.5 Å². The van der Waals surface area contributed by atoms with Gasteiger partial charge < -0.3 is 28.5 Å². The van der Waals surface area contributed by atoms with Crippen molar-refractivity contribution in [1.82, 2.24) is 0 Å². The molecule has 0 aliphatic heterocycles. The first-order valence-corrected chi connectivity index (χ1v) is 34.1. The number of quaternary nitrogens is 1. The smallest absolute Gasteiger partial charge is 0.361 e. The van der Waals surface area contributed by atoms with Crippen LogP contribution in [0.3, 0.4) is 0 Å². The molecule has 1 N–H and O–H groups in total. The number of nitrogens with zero attached hydrogens (tertiary/aromatic N) is 1. The van der Waals surface area contributed by atoms with Gasteiger partial charge in [0.15, 0.2) is 6.10 Å². The van der Waals surface area contributed by atoms with Crippen molar-refractivity contribution in [2.75, 3.05) is 47.5 Å². The van der Waals surface area contributed by atoms with Gasteiger partial charge in [-0.05, 0) is 89.9 Å². The van der Waals surface area contributed by atoms with E-state index >= 15 is 0 Å². The summed E-state index contributed by atoms with van der Waals surface area (Å²) in [5.41, 5.74) is 0. The molecule has 0 aromatic heterocycles. The first-order chi connectivity index (χ1) is 39.6. The minimum Gasteiger partial charge on any atom is -0.477 e. The molecule has 0 rings (SSSR count). The first kappa shape index (κ1) is 77.7. The molecule has 81 heavy (non-hydrogen) atoms. The van der Waals surface area contributed by atoms with Crippen molar-refractivity contribution < 1.29 is 42.9 Å². The normalized spacial score (nSPS) is 13.1. The van der Waals surface area contributed by atoms with E-state index < -0.39 is 24.3 Å². The summed E-state index contributed by atoms with van der Waals surface area (Å²) in [4.78, 5) is 37.5. The van der Waals surface area contributed by atoms with Crippen molar-refractivity contribution in [3.8, 4) is 0 Å². The Labute approximate surface area is 500 Å². The predicted octanol–water partition coefficient (Wildman–Crippen LogP) is 20.9. The van der Waals surface area contributed by atoms with E-state index in [1.165, 1.54) is 205 Å². The monoisotopic (exact) mass is 1140 g/mol. The molecule has 9 heteroatoms. The Morgan fingerprint density at radius 2 is 0.667 bits per heavy atom. The third kappa shape index (κ3) is 64.1. The highest BCUT2D eigenvalue weighted by Gasteiger charge is 2.25. The van der Waals surface area contributed by atoms with Crippen molar-refractivity contribution >= 4 is 17.9 Å². The summed E-state index contributed by atoms with van der Waals surface area (Å²) in [7, 11) is 5.97. The molecule has 0 saturated carbocycles. The fourth-order valence-electron chi connectivity index (χ4n) is 9.68. The van der Waals surface area contributed by atoms with Crippen LogP contribution in [0.15, 0.2) is 72.9 Å². The zero-order chi connectivity index (χ0) is 59.1. The Balaban J connectivity index is 4.04. The van der Waals surface area contributed by atoms with E-state index in [0.29, 0.717) is 11.0 Å². The molecule has 0 amide bonds. The standard InChI is InChI=1S/C72H129NO8/c1-6-8-10-12-14-16-18-20-22-24-26-27-28-29-30-31-32-33-34-35-36-37-38-39-40-41-42-43-45-47-49-51-53-55-57-59-61-63-70(75)81-68(67-80-72(71(76)77)78-65-64-73(3,4)5)66-79-69(74)62-60-58-56-54-52-50-48-46-44-25-23-21-19-17-15-13-11-9-7-2/h15,17-18,20-21,23-24,26,28-29,44,46,68,72H,6-14,16,19,22,25,27,30-43,45,47-67H2,1-5H3/p+1/b17-15-,20-18-,23-21-,26-24-,29-28-,46-44-. The van der Waals surface area contributed by atoms with Crippen LogP contribution in [0.1, 0.15) is 309 Å². The second-order valence-electron chi connectivity index (χ2n) is 24.1. The van der Waals surface area contributed by atoms with E-state index in [0.717, 1.165) is 77.0 Å². The minimum absolute atomic E-state index is 0.185. The van der Waals surface area contributed by atoms with Gasteiger partial charge in [-0.15, -0.1) is 0 Å². The molecular formula is C72H130NO8+. The zero-order valence-corrected chi connectivity index (χ0v) is 53.7.